The van der Waals surface area contributed by atoms with Crippen molar-refractivity contribution in [3.05, 3.63) is 71.3 Å². The van der Waals surface area contributed by atoms with E-state index in [4.69, 9.17) is 5.11 Å². The highest BCUT2D eigenvalue weighted by atomic mass is 16.4. The minimum absolute atomic E-state index is 0.0955. The Kier molecular flexibility index (Phi) is 3.07. The largest absolute Gasteiger partial charge is 0.478 e. The van der Waals surface area contributed by atoms with Crippen LogP contribution in [0.5, 0.6) is 0 Å². The van der Waals surface area contributed by atoms with Crippen LogP contribution in [0, 0.1) is 11.8 Å². The molecule has 2 fully saturated rings. The molecular weight excluding hydrogens is 272 g/mol. The molecule has 2 nitrogen and oxygen atoms in total. The molecule has 2 saturated carbocycles. The Hall–Kier alpha value is -2.09. The van der Waals surface area contributed by atoms with Gasteiger partial charge in [0.25, 0.3) is 0 Å². The molecule has 0 aliphatic heterocycles. The van der Waals surface area contributed by atoms with Gasteiger partial charge in [0.15, 0.2) is 0 Å². The van der Waals surface area contributed by atoms with Crippen molar-refractivity contribution in [2.24, 2.45) is 11.8 Å². The van der Waals surface area contributed by atoms with Gasteiger partial charge in [-0.25, -0.2) is 4.79 Å². The van der Waals surface area contributed by atoms with Crippen LogP contribution in [0.25, 0.3) is 0 Å². The number of carboxylic acid groups (broad SMARTS) is 1. The van der Waals surface area contributed by atoms with Gasteiger partial charge in [0.05, 0.1) is 5.56 Å². The summed E-state index contributed by atoms with van der Waals surface area (Å²) in [6.07, 6.45) is 5.17. The summed E-state index contributed by atoms with van der Waals surface area (Å²) in [7, 11) is 0. The van der Waals surface area contributed by atoms with Crippen LogP contribution < -0.4 is 0 Å². The van der Waals surface area contributed by atoms with Crippen molar-refractivity contribution < 1.29 is 9.90 Å². The molecule has 0 heterocycles. The third-order valence-electron chi connectivity index (χ3n) is 5.88. The fourth-order valence-electron chi connectivity index (χ4n) is 5.05. The summed E-state index contributed by atoms with van der Waals surface area (Å²) >= 11 is 0. The van der Waals surface area contributed by atoms with Gasteiger partial charge < -0.3 is 5.11 Å². The van der Waals surface area contributed by atoms with Gasteiger partial charge in [-0.2, -0.15) is 0 Å². The lowest BCUT2D eigenvalue weighted by Gasteiger charge is -2.36. The van der Waals surface area contributed by atoms with Crippen LogP contribution in [0.3, 0.4) is 0 Å². The van der Waals surface area contributed by atoms with Gasteiger partial charge in [0.2, 0.25) is 0 Å². The summed E-state index contributed by atoms with van der Waals surface area (Å²) in [5.74, 6) is 0.529. The van der Waals surface area contributed by atoms with Gasteiger partial charge in [0.1, 0.15) is 0 Å². The van der Waals surface area contributed by atoms with Crippen molar-refractivity contribution in [1.29, 1.82) is 0 Å². The predicted molar refractivity (Wildman–Crippen MR) is 86.1 cm³/mol. The van der Waals surface area contributed by atoms with E-state index in [1.165, 1.54) is 36.8 Å². The number of rotatable bonds is 3. The van der Waals surface area contributed by atoms with Gasteiger partial charge >= 0.3 is 5.97 Å². The third kappa shape index (κ3) is 1.76. The average molecular weight is 292 g/mol. The zero-order chi connectivity index (χ0) is 15.2. The molecule has 22 heavy (non-hydrogen) atoms. The summed E-state index contributed by atoms with van der Waals surface area (Å²) in [5.41, 5.74) is 3.17. The molecule has 2 bridgehead atoms. The highest BCUT2D eigenvalue weighted by Gasteiger charge is 2.55. The normalized spacial score (nSPS) is 29.6. The lowest BCUT2D eigenvalue weighted by Crippen LogP contribution is -2.33. The molecule has 1 N–H and O–H groups in total. The van der Waals surface area contributed by atoms with Crippen molar-refractivity contribution >= 4 is 5.97 Å². The summed E-state index contributed by atoms with van der Waals surface area (Å²) in [6, 6.07) is 18.5. The minimum atomic E-state index is -0.852. The zero-order valence-corrected chi connectivity index (χ0v) is 12.5. The average Bonchev–Trinajstić information content (AvgIpc) is 3.12. The second kappa shape index (κ2) is 4.98. The molecule has 2 aliphatic rings. The summed E-state index contributed by atoms with van der Waals surface area (Å²) in [4.78, 5) is 11.1. The SMILES string of the molecule is O=C(O)c1ccc(C2(c3ccccc3)C3CCC2CC3)cc1. The number of carboxylic acids is 1. The highest BCUT2D eigenvalue weighted by molar-refractivity contribution is 5.87. The van der Waals surface area contributed by atoms with Crippen LogP contribution in [0.15, 0.2) is 54.6 Å². The number of aromatic carboxylic acids is 1. The Morgan fingerprint density at radius 2 is 1.32 bits per heavy atom. The molecule has 0 amide bonds. The first-order chi connectivity index (χ1) is 10.7. The number of carbonyl (C=O) groups is 1. The summed E-state index contributed by atoms with van der Waals surface area (Å²) in [5, 5.41) is 9.14. The van der Waals surface area contributed by atoms with E-state index in [0.717, 1.165) is 0 Å². The minimum Gasteiger partial charge on any atom is -0.478 e. The highest BCUT2D eigenvalue weighted by Crippen LogP contribution is 2.62. The number of hydrogen-bond acceptors (Lipinski definition) is 1. The van der Waals surface area contributed by atoms with Crippen LogP contribution in [0.4, 0.5) is 0 Å². The molecule has 2 aromatic rings. The monoisotopic (exact) mass is 292 g/mol. The quantitative estimate of drug-likeness (QED) is 0.905. The van der Waals surface area contributed by atoms with Crippen LogP contribution in [0.2, 0.25) is 0 Å². The fourth-order valence-corrected chi connectivity index (χ4v) is 5.05. The lowest BCUT2D eigenvalue weighted by atomic mass is 9.67. The van der Waals surface area contributed by atoms with Crippen molar-refractivity contribution in [3.8, 4) is 0 Å². The van der Waals surface area contributed by atoms with E-state index in [0.29, 0.717) is 17.4 Å². The second-order valence-corrected chi connectivity index (χ2v) is 6.67. The zero-order valence-electron chi connectivity index (χ0n) is 12.5. The van der Waals surface area contributed by atoms with Crippen LogP contribution in [0.1, 0.15) is 47.2 Å². The molecule has 2 heteroatoms. The molecule has 4 rings (SSSR count). The molecule has 0 atom stereocenters. The van der Waals surface area contributed by atoms with Crippen molar-refractivity contribution in [2.45, 2.75) is 31.1 Å². The van der Waals surface area contributed by atoms with E-state index in [1.807, 2.05) is 12.1 Å². The van der Waals surface area contributed by atoms with Crippen LogP contribution in [-0.2, 0) is 5.41 Å². The Labute approximate surface area is 130 Å². The van der Waals surface area contributed by atoms with Gasteiger partial charge in [-0.15, -0.1) is 0 Å². The van der Waals surface area contributed by atoms with Crippen molar-refractivity contribution in [1.82, 2.24) is 0 Å². The van der Waals surface area contributed by atoms with E-state index in [2.05, 4.69) is 30.3 Å². The van der Waals surface area contributed by atoms with Gasteiger partial charge in [-0.05, 0) is 60.8 Å². The topological polar surface area (TPSA) is 37.3 Å². The van der Waals surface area contributed by atoms with E-state index in [9.17, 15) is 4.79 Å². The predicted octanol–water partition coefficient (Wildman–Crippen LogP) is 4.49. The summed E-state index contributed by atoms with van der Waals surface area (Å²) in [6.45, 7) is 0. The molecule has 0 radical (unpaired) electrons. The molecule has 2 aliphatic carbocycles. The number of benzene rings is 2. The van der Waals surface area contributed by atoms with E-state index in [-0.39, 0.29) is 5.41 Å². The summed E-state index contributed by atoms with van der Waals surface area (Å²) < 4.78 is 0. The van der Waals surface area contributed by atoms with E-state index in [1.54, 1.807) is 12.1 Å². The molecule has 2 aromatic carbocycles. The molecule has 112 valence electrons. The van der Waals surface area contributed by atoms with Crippen molar-refractivity contribution in [2.75, 3.05) is 0 Å². The molecule has 0 saturated heterocycles. The first-order valence-electron chi connectivity index (χ1n) is 8.12. The first-order valence-corrected chi connectivity index (χ1v) is 8.12. The maximum Gasteiger partial charge on any atom is 0.335 e. The molecule has 0 spiro atoms. The third-order valence-corrected chi connectivity index (χ3v) is 5.88. The Morgan fingerprint density at radius 3 is 1.82 bits per heavy atom. The van der Waals surface area contributed by atoms with Crippen LogP contribution in [-0.4, -0.2) is 11.1 Å². The van der Waals surface area contributed by atoms with Crippen LogP contribution >= 0.6 is 0 Å². The standard InChI is InChI=1S/C20H20O2/c21-19(22)14-6-8-16(9-7-14)20(15-4-2-1-3-5-15)17-10-11-18(20)13-12-17/h1-9,17-18H,10-13H2,(H,21,22). The molecule has 0 unspecified atom stereocenters. The van der Waals surface area contributed by atoms with Gasteiger partial charge in [-0.1, -0.05) is 42.5 Å². The Bertz CT molecular complexity index is 667. The Balaban J connectivity index is 1.87. The van der Waals surface area contributed by atoms with Crippen molar-refractivity contribution in [3.63, 3.8) is 0 Å². The molecule has 0 aromatic heterocycles. The lowest BCUT2D eigenvalue weighted by molar-refractivity contribution is 0.0697. The maximum atomic E-state index is 11.1. The molecular formula is C20H20O2. The second-order valence-electron chi connectivity index (χ2n) is 6.67. The maximum absolute atomic E-state index is 11.1. The van der Waals surface area contributed by atoms with Gasteiger partial charge in [0, 0.05) is 5.41 Å². The number of fused-ring (bicyclic) bond motifs is 2. The van der Waals surface area contributed by atoms with E-state index < -0.39 is 5.97 Å². The van der Waals surface area contributed by atoms with Gasteiger partial charge in [-0.3, -0.25) is 0 Å². The fraction of sp³-hybridized carbons (Fsp3) is 0.350. The smallest absolute Gasteiger partial charge is 0.335 e. The van der Waals surface area contributed by atoms with E-state index >= 15 is 0 Å². The Morgan fingerprint density at radius 1 is 0.818 bits per heavy atom. The first kappa shape index (κ1) is 13.6. The number of hydrogen-bond donors (Lipinski definition) is 1.